The molecule has 13 heavy (non-hydrogen) atoms. The Hall–Kier alpha value is -1.81. The van der Waals surface area contributed by atoms with Crippen LogP contribution in [0.4, 0.5) is 0 Å². The van der Waals surface area contributed by atoms with Crippen molar-refractivity contribution < 1.29 is 0 Å². The Morgan fingerprint density at radius 1 is 1.23 bits per heavy atom. The van der Waals surface area contributed by atoms with Gasteiger partial charge in [-0.15, -0.1) is 0 Å². The van der Waals surface area contributed by atoms with Crippen molar-refractivity contribution in [1.82, 2.24) is 0 Å². The lowest BCUT2D eigenvalue weighted by Crippen LogP contribution is -1.78. The number of benzene rings is 1. The smallest absolute Gasteiger partial charge is 0.0997 e. The van der Waals surface area contributed by atoms with Crippen LogP contribution in [0.15, 0.2) is 42.5 Å². The summed E-state index contributed by atoms with van der Waals surface area (Å²) in [4.78, 5) is 0. The molecule has 0 saturated heterocycles. The number of nitriles is 1. The minimum Gasteiger partial charge on any atom is -0.192 e. The molecule has 0 radical (unpaired) electrons. The highest BCUT2D eigenvalue weighted by atomic mass is 14.2. The maximum atomic E-state index is 8.77. The van der Waals surface area contributed by atoms with E-state index in [0.717, 1.165) is 5.56 Å². The standard InChI is InChI=1S/C12H11N/c1-2-3-4-7-11-8-5-6-9-12(11)10-13/h2-9H,1H3/b3-2-,7-4-. The van der Waals surface area contributed by atoms with Crippen molar-refractivity contribution in [3.05, 3.63) is 53.6 Å². The third kappa shape index (κ3) is 2.61. The minimum absolute atomic E-state index is 0.711. The number of rotatable bonds is 2. The molecule has 1 rings (SSSR count). The third-order valence-electron chi connectivity index (χ3n) is 1.66. The monoisotopic (exact) mass is 169 g/mol. The van der Waals surface area contributed by atoms with E-state index < -0.39 is 0 Å². The molecule has 0 unspecified atom stereocenters. The third-order valence-corrected chi connectivity index (χ3v) is 1.66. The predicted molar refractivity (Wildman–Crippen MR) is 55.0 cm³/mol. The summed E-state index contributed by atoms with van der Waals surface area (Å²) in [7, 11) is 0. The van der Waals surface area contributed by atoms with E-state index in [4.69, 9.17) is 5.26 Å². The zero-order valence-corrected chi connectivity index (χ0v) is 7.57. The number of allylic oxidation sites excluding steroid dienone is 3. The van der Waals surface area contributed by atoms with Crippen molar-refractivity contribution in [1.29, 1.82) is 5.26 Å². The molecule has 0 aliphatic carbocycles. The van der Waals surface area contributed by atoms with E-state index in [1.165, 1.54) is 0 Å². The Bertz CT molecular complexity index is 367. The molecule has 0 saturated carbocycles. The van der Waals surface area contributed by atoms with Gasteiger partial charge in [-0.25, -0.2) is 0 Å². The first-order valence-electron chi connectivity index (χ1n) is 4.17. The van der Waals surface area contributed by atoms with Crippen LogP contribution in [0.2, 0.25) is 0 Å². The van der Waals surface area contributed by atoms with Gasteiger partial charge in [-0.1, -0.05) is 42.5 Å². The highest BCUT2D eigenvalue weighted by molar-refractivity contribution is 5.58. The summed E-state index contributed by atoms with van der Waals surface area (Å²) >= 11 is 0. The Kier molecular flexibility index (Phi) is 3.53. The van der Waals surface area contributed by atoms with Gasteiger partial charge in [0.15, 0.2) is 0 Å². The molecule has 0 atom stereocenters. The maximum absolute atomic E-state index is 8.77. The molecule has 0 spiro atoms. The van der Waals surface area contributed by atoms with Gasteiger partial charge in [0.05, 0.1) is 11.6 Å². The van der Waals surface area contributed by atoms with E-state index >= 15 is 0 Å². The lowest BCUT2D eigenvalue weighted by Gasteiger charge is -1.94. The normalized spacial score (nSPS) is 10.8. The van der Waals surface area contributed by atoms with E-state index in [0.29, 0.717) is 5.56 Å². The quantitative estimate of drug-likeness (QED) is 0.624. The van der Waals surface area contributed by atoms with Gasteiger partial charge in [0.1, 0.15) is 0 Å². The van der Waals surface area contributed by atoms with Crippen molar-refractivity contribution in [3.8, 4) is 6.07 Å². The fraction of sp³-hybridized carbons (Fsp3) is 0.0833. The van der Waals surface area contributed by atoms with Crippen LogP contribution in [0, 0.1) is 11.3 Å². The fourth-order valence-electron chi connectivity index (χ4n) is 1.01. The Morgan fingerprint density at radius 2 is 2.00 bits per heavy atom. The molecule has 64 valence electrons. The first-order valence-corrected chi connectivity index (χ1v) is 4.17. The van der Waals surface area contributed by atoms with Gasteiger partial charge in [-0.3, -0.25) is 0 Å². The molecule has 0 fully saturated rings. The van der Waals surface area contributed by atoms with Gasteiger partial charge in [0.25, 0.3) is 0 Å². The Morgan fingerprint density at radius 3 is 2.69 bits per heavy atom. The van der Waals surface area contributed by atoms with Gasteiger partial charge in [0.2, 0.25) is 0 Å². The molecule has 0 aliphatic rings. The largest absolute Gasteiger partial charge is 0.192 e. The van der Waals surface area contributed by atoms with Crippen LogP contribution in [0.3, 0.4) is 0 Å². The maximum Gasteiger partial charge on any atom is 0.0997 e. The van der Waals surface area contributed by atoms with Gasteiger partial charge in [-0.2, -0.15) is 5.26 Å². The van der Waals surface area contributed by atoms with Crippen LogP contribution in [0.1, 0.15) is 18.1 Å². The average molecular weight is 169 g/mol. The second-order valence-corrected chi connectivity index (χ2v) is 2.58. The van der Waals surface area contributed by atoms with Crippen LogP contribution < -0.4 is 0 Å². The molecule has 0 aromatic heterocycles. The molecule has 1 nitrogen and oxygen atoms in total. The van der Waals surface area contributed by atoms with Crippen LogP contribution in [0.25, 0.3) is 6.08 Å². The van der Waals surface area contributed by atoms with Gasteiger partial charge < -0.3 is 0 Å². The number of hydrogen-bond acceptors (Lipinski definition) is 1. The first kappa shape index (κ1) is 9.28. The minimum atomic E-state index is 0.711. The average Bonchev–Trinajstić information content (AvgIpc) is 2.19. The van der Waals surface area contributed by atoms with Crippen LogP contribution in [-0.4, -0.2) is 0 Å². The van der Waals surface area contributed by atoms with Crippen molar-refractivity contribution in [2.24, 2.45) is 0 Å². The second kappa shape index (κ2) is 4.95. The van der Waals surface area contributed by atoms with E-state index in [9.17, 15) is 0 Å². The van der Waals surface area contributed by atoms with Crippen molar-refractivity contribution in [2.75, 3.05) is 0 Å². The summed E-state index contributed by atoms with van der Waals surface area (Å²) in [6.07, 6.45) is 7.74. The number of hydrogen-bond donors (Lipinski definition) is 0. The number of nitrogens with zero attached hydrogens (tertiary/aromatic N) is 1. The molecular weight excluding hydrogens is 158 g/mol. The summed E-state index contributed by atoms with van der Waals surface area (Å²) in [6, 6.07) is 9.68. The topological polar surface area (TPSA) is 23.8 Å². The van der Waals surface area contributed by atoms with Gasteiger partial charge >= 0.3 is 0 Å². The summed E-state index contributed by atoms with van der Waals surface area (Å²) in [5.74, 6) is 0. The summed E-state index contributed by atoms with van der Waals surface area (Å²) in [6.45, 7) is 1.96. The molecule has 0 aliphatic heterocycles. The van der Waals surface area contributed by atoms with Crippen LogP contribution in [0.5, 0.6) is 0 Å². The van der Waals surface area contributed by atoms with E-state index in [1.54, 1.807) is 0 Å². The SMILES string of the molecule is C/C=C\C=C/c1ccccc1C#N. The molecule has 1 aromatic rings. The van der Waals surface area contributed by atoms with Crippen molar-refractivity contribution in [2.45, 2.75) is 6.92 Å². The second-order valence-electron chi connectivity index (χ2n) is 2.58. The molecule has 0 N–H and O–H groups in total. The molecule has 0 bridgehead atoms. The van der Waals surface area contributed by atoms with Crippen molar-refractivity contribution >= 4 is 6.08 Å². The zero-order chi connectivity index (χ0) is 9.52. The predicted octanol–water partition coefficient (Wildman–Crippen LogP) is 3.15. The molecular formula is C12H11N. The summed E-state index contributed by atoms with van der Waals surface area (Å²) in [5, 5.41) is 8.77. The van der Waals surface area contributed by atoms with Gasteiger partial charge in [-0.05, 0) is 18.6 Å². The van der Waals surface area contributed by atoms with E-state index in [1.807, 2.05) is 55.5 Å². The lowest BCUT2D eigenvalue weighted by atomic mass is 10.1. The van der Waals surface area contributed by atoms with Crippen LogP contribution in [-0.2, 0) is 0 Å². The molecule has 0 heterocycles. The van der Waals surface area contributed by atoms with Gasteiger partial charge in [0, 0.05) is 0 Å². The zero-order valence-electron chi connectivity index (χ0n) is 7.57. The molecule has 0 amide bonds. The highest BCUT2D eigenvalue weighted by Crippen LogP contribution is 2.08. The summed E-state index contributed by atoms with van der Waals surface area (Å²) in [5.41, 5.74) is 1.67. The molecule has 1 heteroatoms. The Labute approximate surface area is 78.6 Å². The summed E-state index contributed by atoms with van der Waals surface area (Å²) < 4.78 is 0. The molecule has 1 aromatic carbocycles. The fourth-order valence-corrected chi connectivity index (χ4v) is 1.01. The lowest BCUT2D eigenvalue weighted by molar-refractivity contribution is 1.47. The highest BCUT2D eigenvalue weighted by Gasteiger charge is 1.93. The van der Waals surface area contributed by atoms with E-state index in [-0.39, 0.29) is 0 Å². The first-order chi connectivity index (χ1) is 6.38. The van der Waals surface area contributed by atoms with Crippen molar-refractivity contribution in [3.63, 3.8) is 0 Å². The Balaban J connectivity index is 2.95. The van der Waals surface area contributed by atoms with E-state index in [2.05, 4.69) is 6.07 Å². The van der Waals surface area contributed by atoms with Crippen LogP contribution >= 0.6 is 0 Å².